The molecule has 0 radical (unpaired) electrons. The number of aryl methyl sites for hydroxylation is 2. The van der Waals surface area contributed by atoms with Crippen molar-refractivity contribution in [3.05, 3.63) is 17.1 Å². The first-order valence-corrected chi connectivity index (χ1v) is 8.99. The lowest BCUT2D eigenvalue weighted by molar-refractivity contribution is 0.248. The largest absolute Gasteiger partial charge is 0.465 e. The van der Waals surface area contributed by atoms with Crippen LogP contribution in [0.5, 0.6) is 0 Å². The quantitative estimate of drug-likeness (QED) is 0.846. The molecule has 1 aromatic rings. The van der Waals surface area contributed by atoms with Gasteiger partial charge < -0.3 is 9.73 Å². The number of sulfonamides is 1. The lowest BCUT2D eigenvalue weighted by Crippen LogP contribution is -2.51. The SMILES string of the molecule is Cc1oc(C)c(S(=O)(=O)NC2(C)CCC2)c1CNC(C)C. The average Bonchev–Trinajstić information content (AvgIpc) is 2.59. The molecule has 21 heavy (non-hydrogen) atoms. The van der Waals surface area contributed by atoms with E-state index in [1.807, 2.05) is 27.7 Å². The topological polar surface area (TPSA) is 71.3 Å². The Hall–Kier alpha value is -0.850. The number of nitrogens with one attached hydrogen (secondary N) is 2. The zero-order valence-electron chi connectivity index (χ0n) is 13.5. The second-order valence-corrected chi connectivity index (χ2v) is 8.20. The molecule has 0 aliphatic heterocycles. The van der Waals surface area contributed by atoms with E-state index in [-0.39, 0.29) is 11.6 Å². The number of hydrogen-bond donors (Lipinski definition) is 2. The smallest absolute Gasteiger partial charge is 0.244 e. The lowest BCUT2D eigenvalue weighted by Gasteiger charge is -2.38. The van der Waals surface area contributed by atoms with Crippen LogP contribution in [0.25, 0.3) is 0 Å². The Balaban J connectivity index is 2.33. The average molecular weight is 314 g/mol. The van der Waals surface area contributed by atoms with E-state index in [1.165, 1.54) is 0 Å². The summed E-state index contributed by atoms with van der Waals surface area (Å²) in [5, 5.41) is 3.27. The Morgan fingerprint density at radius 2 is 1.86 bits per heavy atom. The van der Waals surface area contributed by atoms with Crippen LogP contribution in [-0.2, 0) is 16.6 Å². The summed E-state index contributed by atoms with van der Waals surface area (Å²) in [4.78, 5) is 0.307. The molecule has 1 saturated carbocycles. The van der Waals surface area contributed by atoms with Gasteiger partial charge in [0.1, 0.15) is 16.4 Å². The molecule has 0 aromatic carbocycles. The second-order valence-electron chi connectivity index (χ2n) is 6.58. The van der Waals surface area contributed by atoms with Gasteiger partial charge in [-0.05, 0) is 40.0 Å². The van der Waals surface area contributed by atoms with E-state index in [0.29, 0.717) is 23.0 Å². The van der Waals surface area contributed by atoms with Crippen molar-refractivity contribution >= 4 is 10.0 Å². The van der Waals surface area contributed by atoms with Gasteiger partial charge in [-0.2, -0.15) is 0 Å². The summed E-state index contributed by atoms with van der Waals surface area (Å²) < 4.78 is 33.9. The molecule has 0 atom stereocenters. The van der Waals surface area contributed by atoms with E-state index in [9.17, 15) is 8.42 Å². The van der Waals surface area contributed by atoms with Crippen molar-refractivity contribution < 1.29 is 12.8 Å². The third kappa shape index (κ3) is 3.49. The highest BCUT2D eigenvalue weighted by Gasteiger charge is 2.38. The van der Waals surface area contributed by atoms with Gasteiger partial charge in [0, 0.05) is 23.7 Å². The van der Waals surface area contributed by atoms with Gasteiger partial charge in [0.05, 0.1) is 0 Å². The summed E-state index contributed by atoms with van der Waals surface area (Å²) in [5.41, 5.74) is 0.427. The Kier molecular flexibility index (Phi) is 4.52. The van der Waals surface area contributed by atoms with Gasteiger partial charge in [0.2, 0.25) is 10.0 Å². The molecule has 1 fully saturated rings. The molecule has 0 unspecified atom stereocenters. The molecule has 0 spiro atoms. The summed E-state index contributed by atoms with van der Waals surface area (Å²) >= 11 is 0. The van der Waals surface area contributed by atoms with Gasteiger partial charge in [-0.3, -0.25) is 0 Å². The first-order valence-electron chi connectivity index (χ1n) is 7.51. The van der Waals surface area contributed by atoms with Crippen LogP contribution >= 0.6 is 0 Å². The molecule has 2 N–H and O–H groups in total. The summed E-state index contributed by atoms with van der Waals surface area (Å²) in [6.45, 7) is 10.0. The van der Waals surface area contributed by atoms with Crippen molar-refractivity contribution in [2.45, 2.75) is 76.9 Å². The van der Waals surface area contributed by atoms with E-state index in [2.05, 4.69) is 10.0 Å². The molecule has 120 valence electrons. The highest BCUT2D eigenvalue weighted by atomic mass is 32.2. The lowest BCUT2D eigenvalue weighted by atomic mass is 9.80. The molecule has 1 aromatic heterocycles. The Labute approximate surface area is 127 Å². The third-order valence-electron chi connectivity index (χ3n) is 4.12. The molecule has 0 amide bonds. The first kappa shape index (κ1) is 16.5. The molecule has 1 aliphatic rings. The molecule has 5 nitrogen and oxygen atoms in total. The van der Waals surface area contributed by atoms with Crippen molar-refractivity contribution in [2.75, 3.05) is 0 Å². The van der Waals surface area contributed by atoms with Crippen LogP contribution in [0.3, 0.4) is 0 Å². The third-order valence-corrected chi connectivity index (χ3v) is 5.95. The first-order chi connectivity index (χ1) is 9.65. The Morgan fingerprint density at radius 3 is 2.33 bits per heavy atom. The maximum atomic E-state index is 12.7. The highest BCUT2D eigenvalue weighted by Crippen LogP contribution is 2.34. The minimum Gasteiger partial charge on any atom is -0.465 e. The summed E-state index contributed by atoms with van der Waals surface area (Å²) in [5.74, 6) is 1.13. The number of furan rings is 1. The predicted octanol–water partition coefficient (Wildman–Crippen LogP) is 2.62. The van der Waals surface area contributed by atoms with Crippen LogP contribution in [-0.4, -0.2) is 20.0 Å². The maximum absolute atomic E-state index is 12.7. The standard InChI is InChI=1S/C15H26N2O3S/c1-10(2)16-9-13-11(3)20-12(4)14(13)21(18,19)17-15(5)7-6-8-15/h10,16-17H,6-9H2,1-5H3. The normalized spacial score (nSPS) is 18.0. The Bertz CT molecular complexity index is 613. The summed E-state index contributed by atoms with van der Waals surface area (Å²) in [7, 11) is -3.55. The van der Waals surface area contributed by atoms with Gasteiger partial charge in [0.25, 0.3) is 0 Å². The minimum absolute atomic E-state index is 0.285. The van der Waals surface area contributed by atoms with Gasteiger partial charge in [-0.25, -0.2) is 13.1 Å². The molecule has 6 heteroatoms. The van der Waals surface area contributed by atoms with Gasteiger partial charge in [0.15, 0.2) is 0 Å². The van der Waals surface area contributed by atoms with E-state index >= 15 is 0 Å². The monoisotopic (exact) mass is 314 g/mol. The molecule has 0 bridgehead atoms. The second kappa shape index (κ2) is 5.74. The molecular weight excluding hydrogens is 288 g/mol. The van der Waals surface area contributed by atoms with Crippen molar-refractivity contribution in [3.63, 3.8) is 0 Å². The van der Waals surface area contributed by atoms with Gasteiger partial charge >= 0.3 is 0 Å². The van der Waals surface area contributed by atoms with Crippen LogP contribution in [0, 0.1) is 13.8 Å². The Morgan fingerprint density at radius 1 is 1.24 bits per heavy atom. The fraction of sp³-hybridized carbons (Fsp3) is 0.733. The fourth-order valence-corrected chi connectivity index (χ4v) is 4.67. The van der Waals surface area contributed by atoms with Gasteiger partial charge in [-0.15, -0.1) is 0 Å². The maximum Gasteiger partial charge on any atom is 0.244 e. The van der Waals surface area contributed by atoms with E-state index in [1.54, 1.807) is 6.92 Å². The van der Waals surface area contributed by atoms with Crippen LogP contribution in [0.2, 0.25) is 0 Å². The summed E-state index contributed by atoms with van der Waals surface area (Å²) in [6, 6.07) is 0.285. The number of hydrogen-bond acceptors (Lipinski definition) is 4. The fourth-order valence-electron chi connectivity index (χ4n) is 2.76. The molecule has 2 rings (SSSR count). The minimum atomic E-state index is -3.55. The van der Waals surface area contributed by atoms with E-state index < -0.39 is 10.0 Å². The van der Waals surface area contributed by atoms with Crippen molar-refractivity contribution in [1.29, 1.82) is 0 Å². The predicted molar refractivity (Wildman–Crippen MR) is 82.7 cm³/mol. The zero-order valence-corrected chi connectivity index (χ0v) is 14.4. The van der Waals surface area contributed by atoms with Crippen LogP contribution in [0.4, 0.5) is 0 Å². The molecular formula is C15H26N2O3S. The van der Waals surface area contributed by atoms with Gasteiger partial charge in [-0.1, -0.05) is 13.8 Å². The van der Waals surface area contributed by atoms with E-state index in [0.717, 1.165) is 24.8 Å². The van der Waals surface area contributed by atoms with Crippen LogP contribution in [0.15, 0.2) is 9.31 Å². The van der Waals surface area contributed by atoms with E-state index in [4.69, 9.17) is 4.42 Å². The zero-order chi connectivity index (χ0) is 15.8. The highest BCUT2D eigenvalue weighted by molar-refractivity contribution is 7.89. The summed E-state index contributed by atoms with van der Waals surface area (Å²) in [6.07, 6.45) is 2.85. The van der Waals surface area contributed by atoms with Crippen molar-refractivity contribution in [3.8, 4) is 0 Å². The van der Waals surface area contributed by atoms with Crippen molar-refractivity contribution in [1.82, 2.24) is 10.0 Å². The van der Waals surface area contributed by atoms with Crippen LogP contribution in [0.1, 0.15) is 57.1 Å². The van der Waals surface area contributed by atoms with Crippen molar-refractivity contribution in [2.24, 2.45) is 0 Å². The molecule has 0 saturated heterocycles. The molecule has 1 heterocycles. The van der Waals surface area contributed by atoms with Crippen LogP contribution < -0.4 is 10.0 Å². The number of rotatable bonds is 6. The molecule has 1 aliphatic carbocycles.